The quantitative estimate of drug-likeness (QED) is 0.729. The fraction of sp³-hybridized carbons (Fsp3) is 0.533. The molecule has 1 fully saturated rings. The van der Waals surface area contributed by atoms with E-state index in [4.69, 9.17) is 0 Å². The molecule has 0 bridgehead atoms. The van der Waals surface area contributed by atoms with Gasteiger partial charge in [-0.3, -0.25) is 4.79 Å². The molecule has 1 aromatic carbocycles. The van der Waals surface area contributed by atoms with Gasteiger partial charge in [-0.15, -0.1) is 0 Å². The SMILES string of the molecule is O=C(O)C(CNCC1CCC(O)C1)c1ccccc1. The van der Waals surface area contributed by atoms with Crippen molar-refractivity contribution in [1.29, 1.82) is 0 Å². The third kappa shape index (κ3) is 4.04. The summed E-state index contributed by atoms with van der Waals surface area (Å²) in [6.45, 7) is 1.22. The van der Waals surface area contributed by atoms with Crippen LogP contribution in [0.4, 0.5) is 0 Å². The zero-order valence-electron chi connectivity index (χ0n) is 11.0. The third-order valence-electron chi connectivity index (χ3n) is 3.80. The first-order chi connectivity index (χ1) is 9.16. The molecule has 1 aliphatic rings. The molecule has 3 N–H and O–H groups in total. The topological polar surface area (TPSA) is 69.6 Å². The van der Waals surface area contributed by atoms with Crippen molar-refractivity contribution in [3.8, 4) is 0 Å². The summed E-state index contributed by atoms with van der Waals surface area (Å²) < 4.78 is 0. The van der Waals surface area contributed by atoms with Crippen molar-refractivity contribution in [2.45, 2.75) is 31.3 Å². The van der Waals surface area contributed by atoms with E-state index in [-0.39, 0.29) is 6.10 Å². The van der Waals surface area contributed by atoms with Gasteiger partial charge in [-0.1, -0.05) is 30.3 Å². The van der Waals surface area contributed by atoms with Crippen LogP contribution in [-0.2, 0) is 4.79 Å². The number of aliphatic carboxylic acids is 1. The Morgan fingerprint density at radius 3 is 2.63 bits per heavy atom. The molecule has 104 valence electrons. The molecule has 19 heavy (non-hydrogen) atoms. The fourth-order valence-electron chi connectivity index (χ4n) is 2.70. The number of hydrogen-bond donors (Lipinski definition) is 3. The summed E-state index contributed by atoms with van der Waals surface area (Å²) in [7, 11) is 0. The number of rotatable bonds is 6. The number of benzene rings is 1. The Morgan fingerprint density at radius 1 is 1.32 bits per heavy atom. The normalized spacial score (nSPS) is 24.3. The minimum Gasteiger partial charge on any atom is -0.481 e. The van der Waals surface area contributed by atoms with Crippen molar-refractivity contribution in [2.24, 2.45) is 5.92 Å². The van der Waals surface area contributed by atoms with Crippen LogP contribution in [0.1, 0.15) is 30.7 Å². The molecule has 4 nitrogen and oxygen atoms in total. The Bertz CT molecular complexity index is 407. The van der Waals surface area contributed by atoms with Gasteiger partial charge in [-0.2, -0.15) is 0 Å². The highest BCUT2D eigenvalue weighted by Gasteiger charge is 2.24. The van der Waals surface area contributed by atoms with Gasteiger partial charge in [0.2, 0.25) is 0 Å². The summed E-state index contributed by atoms with van der Waals surface area (Å²) in [4.78, 5) is 11.3. The van der Waals surface area contributed by atoms with E-state index in [1.165, 1.54) is 0 Å². The molecule has 0 spiro atoms. The van der Waals surface area contributed by atoms with Crippen LogP contribution in [0.3, 0.4) is 0 Å². The summed E-state index contributed by atoms with van der Waals surface area (Å²) in [5, 5.41) is 22.0. The standard InChI is InChI=1S/C15H21NO3/c17-13-7-6-11(8-13)9-16-10-14(15(18)19)12-4-2-1-3-5-12/h1-5,11,13-14,16-17H,6-10H2,(H,18,19). The minimum absolute atomic E-state index is 0.170. The summed E-state index contributed by atoms with van der Waals surface area (Å²) in [5.74, 6) is -0.835. The van der Waals surface area contributed by atoms with Gasteiger partial charge < -0.3 is 15.5 Å². The highest BCUT2D eigenvalue weighted by atomic mass is 16.4. The molecular formula is C15H21NO3. The van der Waals surface area contributed by atoms with E-state index in [2.05, 4.69) is 5.32 Å². The molecule has 0 saturated heterocycles. The van der Waals surface area contributed by atoms with E-state index >= 15 is 0 Å². The average molecular weight is 263 g/mol. The van der Waals surface area contributed by atoms with E-state index in [0.717, 1.165) is 31.4 Å². The highest BCUT2D eigenvalue weighted by Crippen LogP contribution is 2.24. The highest BCUT2D eigenvalue weighted by molar-refractivity contribution is 5.76. The van der Waals surface area contributed by atoms with Gasteiger partial charge in [-0.05, 0) is 37.3 Å². The lowest BCUT2D eigenvalue weighted by Gasteiger charge is -2.16. The molecule has 3 unspecified atom stereocenters. The molecule has 3 atom stereocenters. The second-order valence-corrected chi connectivity index (χ2v) is 5.29. The molecular weight excluding hydrogens is 242 g/mol. The number of aliphatic hydroxyl groups is 1. The zero-order chi connectivity index (χ0) is 13.7. The van der Waals surface area contributed by atoms with Crippen LogP contribution in [0.25, 0.3) is 0 Å². The maximum atomic E-state index is 11.3. The Morgan fingerprint density at radius 2 is 2.05 bits per heavy atom. The number of nitrogens with one attached hydrogen (secondary N) is 1. The average Bonchev–Trinajstić information content (AvgIpc) is 2.81. The lowest BCUT2D eigenvalue weighted by Crippen LogP contribution is -2.30. The van der Waals surface area contributed by atoms with Gasteiger partial charge >= 0.3 is 5.97 Å². The van der Waals surface area contributed by atoms with Crippen LogP contribution in [-0.4, -0.2) is 35.4 Å². The van der Waals surface area contributed by atoms with Gasteiger partial charge in [0.05, 0.1) is 12.0 Å². The van der Waals surface area contributed by atoms with Crippen molar-refractivity contribution in [1.82, 2.24) is 5.32 Å². The Kier molecular flexibility index (Phi) is 4.93. The molecule has 0 amide bonds. The fourth-order valence-corrected chi connectivity index (χ4v) is 2.70. The predicted molar refractivity (Wildman–Crippen MR) is 73.0 cm³/mol. The first kappa shape index (κ1) is 14.0. The lowest BCUT2D eigenvalue weighted by atomic mass is 9.99. The summed E-state index contributed by atoms with van der Waals surface area (Å²) in [6, 6.07) is 9.30. The lowest BCUT2D eigenvalue weighted by molar-refractivity contribution is -0.138. The number of carboxylic acid groups (broad SMARTS) is 1. The second-order valence-electron chi connectivity index (χ2n) is 5.29. The Hall–Kier alpha value is -1.39. The zero-order valence-corrected chi connectivity index (χ0v) is 11.0. The number of carbonyl (C=O) groups is 1. The summed E-state index contributed by atoms with van der Waals surface area (Å²) in [5.41, 5.74) is 0.828. The molecule has 4 heteroatoms. The number of hydrogen-bond acceptors (Lipinski definition) is 3. The Labute approximate surface area is 113 Å². The van der Waals surface area contributed by atoms with Gasteiger partial charge in [0, 0.05) is 6.54 Å². The van der Waals surface area contributed by atoms with Gasteiger partial charge in [0.15, 0.2) is 0 Å². The second kappa shape index (κ2) is 6.68. The Balaban J connectivity index is 1.83. The van der Waals surface area contributed by atoms with Crippen LogP contribution in [0.15, 0.2) is 30.3 Å². The van der Waals surface area contributed by atoms with E-state index < -0.39 is 11.9 Å². The van der Waals surface area contributed by atoms with Crippen molar-refractivity contribution in [3.05, 3.63) is 35.9 Å². The summed E-state index contributed by atoms with van der Waals surface area (Å²) in [6.07, 6.45) is 2.55. The number of carboxylic acids is 1. The first-order valence-electron chi connectivity index (χ1n) is 6.83. The van der Waals surface area contributed by atoms with Crippen LogP contribution < -0.4 is 5.32 Å². The smallest absolute Gasteiger partial charge is 0.312 e. The molecule has 0 aliphatic heterocycles. The predicted octanol–water partition coefficient (Wildman–Crippen LogP) is 1.61. The minimum atomic E-state index is -0.801. The third-order valence-corrected chi connectivity index (χ3v) is 3.80. The first-order valence-corrected chi connectivity index (χ1v) is 6.83. The van der Waals surface area contributed by atoms with Crippen LogP contribution in [0.2, 0.25) is 0 Å². The van der Waals surface area contributed by atoms with E-state index in [1.54, 1.807) is 0 Å². The molecule has 0 radical (unpaired) electrons. The van der Waals surface area contributed by atoms with E-state index in [9.17, 15) is 15.0 Å². The van der Waals surface area contributed by atoms with Gasteiger partial charge in [-0.25, -0.2) is 0 Å². The molecule has 1 saturated carbocycles. The molecule has 1 aromatic rings. The van der Waals surface area contributed by atoms with Crippen molar-refractivity contribution >= 4 is 5.97 Å². The van der Waals surface area contributed by atoms with Crippen LogP contribution in [0.5, 0.6) is 0 Å². The van der Waals surface area contributed by atoms with Gasteiger partial charge in [0.1, 0.15) is 0 Å². The number of aliphatic hydroxyl groups excluding tert-OH is 1. The maximum absolute atomic E-state index is 11.3. The van der Waals surface area contributed by atoms with Crippen LogP contribution >= 0.6 is 0 Å². The van der Waals surface area contributed by atoms with Crippen molar-refractivity contribution in [2.75, 3.05) is 13.1 Å². The van der Waals surface area contributed by atoms with E-state index in [0.29, 0.717) is 12.5 Å². The summed E-state index contributed by atoms with van der Waals surface area (Å²) >= 11 is 0. The largest absolute Gasteiger partial charge is 0.481 e. The van der Waals surface area contributed by atoms with Crippen molar-refractivity contribution < 1.29 is 15.0 Å². The van der Waals surface area contributed by atoms with Gasteiger partial charge in [0.25, 0.3) is 0 Å². The van der Waals surface area contributed by atoms with Crippen LogP contribution in [0, 0.1) is 5.92 Å². The molecule has 2 rings (SSSR count). The molecule has 1 aliphatic carbocycles. The van der Waals surface area contributed by atoms with Crippen molar-refractivity contribution in [3.63, 3.8) is 0 Å². The molecule has 0 aromatic heterocycles. The molecule has 0 heterocycles. The van der Waals surface area contributed by atoms with E-state index in [1.807, 2.05) is 30.3 Å². The maximum Gasteiger partial charge on any atom is 0.312 e. The monoisotopic (exact) mass is 263 g/mol.